The normalized spacial score (nSPS) is 19.1. The van der Waals surface area contributed by atoms with Crippen molar-refractivity contribution in [1.82, 2.24) is 5.32 Å². The van der Waals surface area contributed by atoms with E-state index in [0.717, 1.165) is 5.69 Å². The fraction of sp³-hybridized carbons (Fsp3) is 0.467. The zero-order chi connectivity index (χ0) is 14.0. The summed E-state index contributed by atoms with van der Waals surface area (Å²) in [7, 11) is 0. The number of nitrogens with one attached hydrogen (secondary N) is 1. The minimum atomic E-state index is -0.379. The van der Waals surface area contributed by atoms with Gasteiger partial charge in [0.15, 0.2) is 0 Å². The van der Waals surface area contributed by atoms with Crippen LogP contribution in [0.5, 0.6) is 0 Å². The molecule has 0 saturated carbocycles. The summed E-state index contributed by atoms with van der Waals surface area (Å²) < 4.78 is 0. The number of benzene rings is 1. The summed E-state index contributed by atoms with van der Waals surface area (Å²) in [5.74, 6) is -0.178. The van der Waals surface area contributed by atoms with Gasteiger partial charge >= 0.3 is 0 Å². The molecule has 0 spiro atoms. The molecule has 4 heteroatoms. The first-order valence-electron chi connectivity index (χ1n) is 6.67. The monoisotopic (exact) mass is 260 g/mol. The number of carbonyl (C=O) groups excluding carboxylic acids is 2. The number of hydrogen-bond donors (Lipinski definition) is 1. The molecule has 1 saturated heterocycles. The van der Waals surface area contributed by atoms with Crippen LogP contribution in [0.25, 0.3) is 0 Å². The molecule has 4 nitrogen and oxygen atoms in total. The third-order valence-corrected chi connectivity index (χ3v) is 3.39. The number of hydrogen-bond acceptors (Lipinski definition) is 2. The largest absolute Gasteiger partial charge is 0.344 e. The van der Waals surface area contributed by atoms with Crippen LogP contribution in [0.3, 0.4) is 0 Å². The van der Waals surface area contributed by atoms with E-state index >= 15 is 0 Å². The molecule has 0 bridgehead atoms. The van der Waals surface area contributed by atoms with Crippen molar-refractivity contribution in [3.05, 3.63) is 29.8 Å². The number of rotatable bonds is 3. The van der Waals surface area contributed by atoms with Crippen LogP contribution in [0, 0.1) is 12.8 Å². The molecule has 1 aromatic rings. The van der Waals surface area contributed by atoms with E-state index in [1.807, 2.05) is 45.0 Å². The van der Waals surface area contributed by atoms with Crippen molar-refractivity contribution in [3.8, 4) is 0 Å². The van der Waals surface area contributed by atoms with Crippen LogP contribution in [0.15, 0.2) is 24.3 Å². The topological polar surface area (TPSA) is 49.4 Å². The SMILES string of the molecule is Cc1ccc(N2CCC(NC(=O)C(C)C)C2=O)cc1. The van der Waals surface area contributed by atoms with Gasteiger partial charge in [-0.1, -0.05) is 31.5 Å². The number of aryl methyl sites for hydroxylation is 1. The van der Waals surface area contributed by atoms with Gasteiger partial charge in [-0.05, 0) is 25.5 Å². The van der Waals surface area contributed by atoms with Crippen LogP contribution in [-0.4, -0.2) is 24.4 Å². The van der Waals surface area contributed by atoms with E-state index in [-0.39, 0.29) is 23.8 Å². The van der Waals surface area contributed by atoms with Crippen molar-refractivity contribution < 1.29 is 9.59 Å². The summed E-state index contributed by atoms with van der Waals surface area (Å²) in [6, 6.07) is 7.49. The molecule has 0 aliphatic carbocycles. The minimum absolute atomic E-state index is 0.0159. The molecule has 2 amide bonds. The summed E-state index contributed by atoms with van der Waals surface area (Å²) in [6.07, 6.45) is 0.672. The Hall–Kier alpha value is -1.84. The van der Waals surface area contributed by atoms with E-state index in [4.69, 9.17) is 0 Å². The fourth-order valence-electron chi connectivity index (χ4n) is 2.13. The van der Waals surface area contributed by atoms with E-state index in [2.05, 4.69) is 5.32 Å². The van der Waals surface area contributed by atoms with Crippen molar-refractivity contribution in [2.24, 2.45) is 5.92 Å². The molecule has 1 heterocycles. The maximum atomic E-state index is 12.3. The number of carbonyl (C=O) groups is 2. The van der Waals surface area contributed by atoms with E-state index in [0.29, 0.717) is 13.0 Å². The Bertz CT molecular complexity index is 479. The maximum absolute atomic E-state index is 12.3. The van der Waals surface area contributed by atoms with Crippen molar-refractivity contribution in [2.75, 3.05) is 11.4 Å². The molecule has 1 aliphatic rings. The van der Waals surface area contributed by atoms with Gasteiger partial charge in [0, 0.05) is 18.2 Å². The van der Waals surface area contributed by atoms with Crippen LogP contribution in [0.2, 0.25) is 0 Å². The Kier molecular flexibility index (Phi) is 3.88. The van der Waals surface area contributed by atoms with E-state index < -0.39 is 0 Å². The summed E-state index contributed by atoms with van der Waals surface area (Å²) in [4.78, 5) is 25.7. The lowest BCUT2D eigenvalue weighted by molar-refractivity contribution is -0.128. The van der Waals surface area contributed by atoms with Gasteiger partial charge in [0.1, 0.15) is 6.04 Å². The molecule has 1 atom stereocenters. The predicted octanol–water partition coefficient (Wildman–Crippen LogP) is 1.87. The standard InChI is InChI=1S/C15H20N2O2/c1-10(2)14(18)16-13-8-9-17(15(13)19)12-6-4-11(3)5-7-12/h4-7,10,13H,8-9H2,1-3H3,(H,16,18). The average molecular weight is 260 g/mol. The number of nitrogens with zero attached hydrogens (tertiary/aromatic N) is 1. The van der Waals surface area contributed by atoms with Gasteiger partial charge in [0.2, 0.25) is 11.8 Å². The number of amides is 2. The molecular formula is C15H20N2O2. The maximum Gasteiger partial charge on any atom is 0.249 e. The summed E-state index contributed by atoms with van der Waals surface area (Å²) >= 11 is 0. The van der Waals surface area contributed by atoms with E-state index in [9.17, 15) is 9.59 Å². The van der Waals surface area contributed by atoms with E-state index in [1.165, 1.54) is 5.56 Å². The van der Waals surface area contributed by atoms with Crippen LogP contribution >= 0.6 is 0 Å². The second-order valence-corrected chi connectivity index (χ2v) is 5.33. The second kappa shape index (κ2) is 5.43. The van der Waals surface area contributed by atoms with Gasteiger partial charge in [0.25, 0.3) is 0 Å². The first kappa shape index (κ1) is 13.6. The first-order chi connectivity index (χ1) is 8.99. The molecule has 1 aliphatic heterocycles. The van der Waals surface area contributed by atoms with Crippen LogP contribution in [-0.2, 0) is 9.59 Å². The Morgan fingerprint density at radius 1 is 1.32 bits per heavy atom. The lowest BCUT2D eigenvalue weighted by Gasteiger charge is -2.18. The van der Waals surface area contributed by atoms with E-state index in [1.54, 1.807) is 4.90 Å². The summed E-state index contributed by atoms with van der Waals surface area (Å²) in [5.41, 5.74) is 2.07. The van der Waals surface area contributed by atoms with Gasteiger partial charge < -0.3 is 10.2 Å². The molecule has 1 N–H and O–H groups in total. The number of anilines is 1. The van der Waals surface area contributed by atoms with Gasteiger partial charge in [0.05, 0.1) is 0 Å². The Morgan fingerprint density at radius 2 is 1.95 bits per heavy atom. The first-order valence-corrected chi connectivity index (χ1v) is 6.67. The lowest BCUT2D eigenvalue weighted by Crippen LogP contribution is -2.43. The van der Waals surface area contributed by atoms with Gasteiger partial charge in [-0.25, -0.2) is 0 Å². The van der Waals surface area contributed by atoms with Crippen LogP contribution < -0.4 is 10.2 Å². The van der Waals surface area contributed by atoms with Crippen LogP contribution in [0.1, 0.15) is 25.8 Å². The highest BCUT2D eigenvalue weighted by Gasteiger charge is 2.33. The van der Waals surface area contributed by atoms with Gasteiger partial charge in [-0.15, -0.1) is 0 Å². The lowest BCUT2D eigenvalue weighted by atomic mass is 10.1. The molecule has 19 heavy (non-hydrogen) atoms. The Balaban J connectivity index is 2.05. The fourth-order valence-corrected chi connectivity index (χ4v) is 2.13. The molecular weight excluding hydrogens is 240 g/mol. The quantitative estimate of drug-likeness (QED) is 0.902. The molecule has 1 fully saturated rings. The average Bonchev–Trinajstić information content (AvgIpc) is 2.72. The third kappa shape index (κ3) is 2.95. The zero-order valence-electron chi connectivity index (χ0n) is 11.6. The molecule has 1 aromatic carbocycles. The van der Waals surface area contributed by atoms with Gasteiger partial charge in [-0.3, -0.25) is 9.59 Å². The van der Waals surface area contributed by atoms with Crippen molar-refractivity contribution >= 4 is 17.5 Å². The predicted molar refractivity (Wildman–Crippen MR) is 74.9 cm³/mol. The highest BCUT2D eigenvalue weighted by molar-refractivity contribution is 6.01. The smallest absolute Gasteiger partial charge is 0.249 e. The van der Waals surface area contributed by atoms with Crippen molar-refractivity contribution in [1.29, 1.82) is 0 Å². The molecule has 0 radical (unpaired) electrons. The zero-order valence-corrected chi connectivity index (χ0v) is 11.6. The second-order valence-electron chi connectivity index (χ2n) is 5.33. The highest BCUT2D eigenvalue weighted by atomic mass is 16.2. The van der Waals surface area contributed by atoms with Crippen molar-refractivity contribution in [2.45, 2.75) is 33.2 Å². The third-order valence-electron chi connectivity index (χ3n) is 3.39. The molecule has 102 valence electrons. The van der Waals surface area contributed by atoms with Crippen LogP contribution in [0.4, 0.5) is 5.69 Å². The Labute approximate surface area is 113 Å². The molecule has 1 unspecified atom stereocenters. The molecule has 0 aromatic heterocycles. The van der Waals surface area contributed by atoms with Gasteiger partial charge in [-0.2, -0.15) is 0 Å². The minimum Gasteiger partial charge on any atom is -0.344 e. The Morgan fingerprint density at radius 3 is 2.53 bits per heavy atom. The summed E-state index contributed by atoms with van der Waals surface area (Å²) in [5, 5.41) is 2.81. The highest BCUT2D eigenvalue weighted by Crippen LogP contribution is 2.22. The summed E-state index contributed by atoms with van der Waals surface area (Å²) in [6.45, 7) is 6.32. The van der Waals surface area contributed by atoms with Crippen molar-refractivity contribution in [3.63, 3.8) is 0 Å². The molecule has 2 rings (SSSR count).